The van der Waals surface area contributed by atoms with E-state index in [1.54, 1.807) is 0 Å². The van der Waals surface area contributed by atoms with Gasteiger partial charge in [-0.05, 0) is 30.2 Å². The van der Waals surface area contributed by atoms with Crippen molar-refractivity contribution in [1.82, 2.24) is 10.2 Å². The third-order valence-electron chi connectivity index (χ3n) is 3.69. The van der Waals surface area contributed by atoms with Gasteiger partial charge in [0.05, 0.1) is 5.69 Å². The molecule has 1 rings (SSSR count). The Hall–Kier alpha value is -1.63. The largest absolute Gasteiger partial charge is 0.367 e. The second-order valence-electron chi connectivity index (χ2n) is 5.27. The predicted octanol–water partition coefficient (Wildman–Crippen LogP) is 3.18. The van der Waals surface area contributed by atoms with Crippen molar-refractivity contribution in [2.24, 2.45) is 11.8 Å². The Morgan fingerprint density at radius 1 is 1.16 bits per heavy atom. The van der Waals surface area contributed by atoms with Crippen LogP contribution in [-0.4, -0.2) is 16.7 Å². The molecular weight excluding hydrogens is 236 g/mol. The molecule has 1 aromatic heterocycles. The molecule has 1 heterocycles. The van der Waals surface area contributed by atoms with E-state index in [0.717, 1.165) is 30.6 Å². The summed E-state index contributed by atoms with van der Waals surface area (Å²) in [6.45, 7) is 11.5. The van der Waals surface area contributed by atoms with Crippen molar-refractivity contribution in [3.05, 3.63) is 16.8 Å². The maximum Gasteiger partial charge on any atom is 0.166 e. The van der Waals surface area contributed by atoms with Gasteiger partial charge in [-0.3, -0.25) is 0 Å². The SMILES string of the molecule is CCc1nnc(NCC(C)C(C)C)c(C#N)c1CC. The van der Waals surface area contributed by atoms with E-state index in [1.165, 1.54) is 0 Å². The summed E-state index contributed by atoms with van der Waals surface area (Å²) >= 11 is 0. The average molecular weight is 260 g/mol. The monoisotopic (exact) mass is 260 g/mol. The van der Waals surface area contributed by atoms with Crippen molar-refractivity contribution < 1.29 is 0 Å². The highest BCUT2D eigenvalue weighted by atomic mass is 15.2. The number of hydrogen-bond donors (Lipinski definition) is 1. The van der Waals surface area contributed by atoms with Gasteiger partial charge >= 0.3 is 0 Å². The third kappa shape index (κ3) is 3.66. The van der Waals surface area contributed by atoms with Crippen molar-refractivity contribution >= 4 is 5.82 Å². The van der Waals surface area contributed by atoms with Crippen LogP contribution in [0.3, 0.4) is 0 Å². The molecule has 4 nitrogen and oxygen atoms in total. The first kappa shape index (κ1) is 15.4. The maximum absolute atomic E-state index is 9.37. The van der Waals surface area contributed by atoms with E-state index < -0.39 is 0 Å². The number of aromatic nitrogens is 2. The summed E-state index contributed by atoms with van der Waals surface area (Å²) in [5, 5.41) is 21.1. The molecular formula is C15H24N4. The molecule has 0 spiro atoms. The minimum atomic E-state index is 0.532. The van der Waals surface area contributed by atoms with Crippen LogP contribution in [0.4, 0.5) is 5.82 Å². The lowest BCUT2D eigenvalue weighted by molar-refractivity contribution is 0.439. The molecule has 104 valence electrons. The van der Waals surface area contributed by atoms with Gasteiger partial charge in [-0.15, -0.1) is 5.10 Å². The Kier molecular flexibility index (Phi) is 5.75. The lowest BCUT2D eigenvalue weighted by Gasteiger charge is -2.17. The summed E-state index contributed by atoms with van der Waals surface area (Å²) in [6, 6.07) is 2.28. The normalized spacial score (nSPS) is 12.3. The van der Waals surface area contributed by atoms with Crippen molar-refractivity contribution in [3.63, 3.8) is 0 Å². The van der Waals surface area contributed by atoms with Crippen LogP contribution in [0.15, 0.2) is 0 Å². The number of nitrogens with zero attached hydrogens (tertiary/aromatic N) is 3. The van der Waals surface area contributed by atoms with Crippen molar-refractivity contribution in [2.75, 3.05) is 11.9 Å². The van der Waals surface area contributed by atoms with Gasteiger partial charge in [-0.25, -0.2) is 0 Å². The quantitative estimate of drug-likeness (QED) is 0.853. The van der Waals surface area contributed by atoms with Crippen molar-refractivity contribution in [1.29, 1.82) is 5.26 Å². The lowest BCUT2D eigenvalue weighted by Crippen LogP contribution is -2.18. The lowest BCUT2D eigenvalue weighted by atomic mass is 9.98. The number of hydrogen-bond acceptors (Lipinski definition) is 4. The van der Waals surface area contributed by atoms with E-state index in [9.17, 15) is 5.26 Å². The van der Waals surface area contributed by atoms with E-state index in [2.05, 4.69) is 49.3 Å². The minimum absolute atomic E-state index is 0.532. The van der Waals surface area contributed by atoms with Gasteiger partial charge in [0, 0.05) is 6.54 Å². The first-order chi connectivity index (χ1) is 9.04. The summed E-state index contributed by atoms with van der Waals surface area (Å²) in [7, 11) is 0. The number of rotatable bonds is 6. The van der Waals surface area contributed by atoms with Crippen LogP contribution in [0.25, 0.3) is 0 Å². The van der Waals surface area contributed by atoms with E-state index in [4.69, 9.17) is 0 Å². The molecule has 1 N–H and O–H groups in total. The van der Waals surface area contributed by atoms with E-state index in [-0.39, 0.29) is 0 Å². The summed E-state index contributed by atoms with van der Waals surface area (Å²) in [5.74, 6) is 1.76. The highest BCUT2D eigenvalue weighted by molar-refractivity contribution is 5.56. The molecule has 0 aliphatic heterocycles. The second kappa shape index (κ2) is 7.08. The van der Waals surface area contributed by atoms with E-state index in [0.29, 0.717) is 23.2 Å². The number of aryl methyl sites for hydroxylation is 1. The molecule has 0 bridgehead atoms. The van der Waals surface area contributed by atoms with Crippen LogP contribution >= 0.6 is 0 Å². The summed E-state index contributed by atoms with van der Waals surface area (Å²) in [5.41, 5.74) is 2.62. The van der Waals surface area contributed by atoms with E-state index in [1.807, 2.05) is 6.92 Å². The number of anilines is 1. The summed E-state index contributed by atoms with van der Waals surface area (Å²) < 4.78 is 0. The molecule has 0 aliphatic carbocycles. The summed E-state index contributed by atoms with van der Waals surface area (Å²) in [4.78, 5) is 0. The van der Waals surface area contributed by atoms with Gasteiger partial charge in [0.1, 0.15) is 11.6 Å². The van der Waals surface area contributed by atoms with E-state index >= 15 is 0 Å². The maximum atomic E-state index is 9.37. The highest BCUT2D eigenvalue weighted by Crippen LogP contribution is 2.20. The van der Waals surface area contributed by atoms with Gasteiger partial charge in [0.15, 0.2) is 5.82 Å². The topological polar surface area (TPSA) is 61.6 Å². The standard InChI is InChI=1S/C15H24N4/c1-6-12-13(8-16)15(19-18-14(12)7-2)17-9-11(5)10(3)4/h10-11H,6-7,9H2,1-5H3,(H,17,19). The molecule has 0 radical (unpaired) electrons. The molecule has 0 fully saturated rings. The van der Waals surface area contributed by atoms with Gasteiger partial charge in [0.25, 0.3) is 0 Å². The fourth-order valence-electron chi connectivity index (χ4n) is 1.91. The molecule has 1 aromatic rings. The second-order valence-corrected chi connectivity index (χ2v) is 5.27. The first-order valence-corrected chi connectivity index (χ1v) is 7.07. The fraction of sp³-hybridized carbons (Fsp3) is 0.667. The molecule has 19 heavy (non-hydrogen) atoms. The van der Waals surface area contributed by atoms with Crippen molar-refractivity contribution in [3.8, 4) is 6.07 Å². The zero-order chi connectivity index (χ0) is 14.4. The van der Waals surface area contributed by atoms with Crippen LogP contribution in [-0.2, 0) is 12.8 Å². The Labute approximate surface area is 116 Å². The Morgan fingerprint density at radius 2 is 1.84 bits per heavy atom. The molecule has 0 saturated carbocycles. The van der Waals surface area contributed by atoms with Gasteiger partial charge in [-0.1, -0.05) is 34.6 Å². The Balaban J connectivity index is 2.99. The highest BCUT2D eigenvalue weighted by Gasteiger charge is 2.15. The molecule has 1 unspecified atom stereocenters. The third-order valence-corrected chi connectivity index (χ3v) is 3.69. The zero-order valence-electron chi connectivity index (χ0n) is 12.6. The molecule has 4 heteroatoms. The van der Waals surface area contributed by atoms with Crippen molar-refractivity contribution in [2.45, 2.75) is 47.5 Å². The smallest absolute Gasteiger partial charge is 0.166 e. The van der Waals surface area contributed by atoms with Crippen LogP contribution in [0.1, 0.15) is 51.4 Å². The number of nitrogens with one attached hydrogen (secondary N) is 1. The Bertz CT molecular complexity index is 460. The Morgan fingerprint density at radius 3 is 2.32 bits per heavy atom. The zero-order valence-corrected chi connectivity index (χ0v) is 12.6. The minimum Gasteiger partial charge on any atom is -0.367 e. The molecule has 0 aromatic carbocycles. The van der Waals surface area contributed by atoms with Gasteiger partial charge < -0.3 is 5.32 Å². The van der Waals surface area contributed by atoms with Gasteiger partial charge in [-0.2, -0.15) is 10.4 Å². The molecule has 0 amide bonds. The van der Waals surface area contributed by atoms with Crippen LogP contribution in [0, 0.1) is 23.2 Å². The van der Waals surface area contributed by atoms with Crippen LogP contribution in [0.2, 0.25) is 0 Å². The molecule has 1 atom stereocenters. The van der Waals surface area contributed by atoms with Gasteiger partial charge in [0.2, 0.25) is 0 Å². The van der Waals surface area contributed by atoms with Crippen LogP contribution < -0.4 is 5.32 Å². The fourth-order valence-corrected chi connectivity index (χ4v) is 1.91. The molecule has 0 aliphatic rings. The average Bonchev–Trinajstić information content (AvgIpc) is 2.42. The summed E-state index contributed by atoms with van der Waals surface area (Å²) in [6.07, 6.45) is 1.63. The molecule has 0 saturated heterocycles. The first-order valence-electron chi connectivity index (χ1n) is 7.07. The predicted molar refractivity (Wildman–Crippen MR) is 78.0 cm³/mol. The number of nitriles is 1. The van der Waals surface area contributed by atoms with Crippen LogP contribution in [0.5, 0.6) is 0 Å².